The van der Waals surface area contributed by atoms with Crippen LogP contribution in [0.25, 0.3) is 0 Å². The first-order chi connectivity index (χ1) is 13.6. The zero-order chi connectivity index (χ0) is 20.2. The van der Waals surface area contributed by atoms with Gasteiger partial charge in [0.2, 0.25) is 5.91 Å². The largest absolute Gasteiger partial charge is 0.469 e. The van der Waals surface area contributed by atoms with Gasteiger partial charge >= 0.3 is 0 Å². The van der Waals surface area contributed by atoms with Gasteiger partial charge in [0.15, 0.2) is 5.96 Å². The molecule has 1 atom stereocenters. The second kappa shape index (κ2) is 12.4. The summed E-state index contributed by atoms with van der Waals surface area (Å²) < 4.78 is 5.39. The zero-order valence-electron chi connectivity index (χ0n) is 17.7. The van der Waals surface area contributed by atoms with Gasteiger partial charge in [0.05, 0.1) is 12.8 Å². The van der Waals surface area contributed by atoms with Crippen LogP contribution in [-0.2, 0) is 11.2 Å². The number of carbonyl (C=O) groups excluding carboxylic acids is 1. The Morgan fingerprint density at radius 3 is 2.79 bits per heavy atom. The van der Waals surface area contributed by atoms with Crippen molar-refractivity contribution in [2.45, 2.75) is 65.0 Å². The molecular weight excluding hydrogens is 354 g/mol. The first-order valence-electron chi connectivity index (χ1n) is 10.7. The van der Waals surface area contributed by atoms with Crippen LogP contribution in [0.4, 0.5) is 0 Å². The van der Waals surface area contributed by atoms with E-state index in [0.29, 0.717) is 25.2 Å². The van der Waals surface area contributed by atoms with Crippen molar-refractivity contribution in [3.8, 4) is 0 Å². The number of hydrogen-bond acceptors (Lipinski definition) is 4. The fraction of sp³-hybridized carbons (Fsp3) is 0.714. The lowest BCUT2D eigenvalue weighted by molar-refractivity contribution is -0.122. The number of rotatable bonds is 10. The number of nitrogens with one attached hydrogen (secondary N) is 3. The van der Waals surface area contributed by atoms with Crippen LogP contribution in [0.15, 0.2) is 27.8 Å². The minimum Gasteiger partial charge on any atom is -0.469 e. The van der Waals surface area contributed by atoms with Crippen molar-refractivity contribution in [1.29, 1.82) is 0 Å². The molecular formula is C21H37N5O2. The van der Waals surface area contributed by atoms with Gasteiger partial charge in [-0.25, -0.2) is 0 Å². The number of aliphatic imine (C=N–C) groups is 1. The Bertz CT molecular complexity index is 580. The Balaban J connectivity index is 1.78. The second-order valence-electron chi connectivity index (χ2n) is 7.56. The molecule has 1 amide bonds. The molecule has 7 nitrogen and oxygen atoms in total. The van der Waals surface area contributed by atoms with Crippen molar-refractivity contribution < 1.29 is 9.21 Å². The minimum absolute atomic E-state index is 0.131. The third kappa shape index (κ3) is 8.33. The normalized spacial score (nSPS) is 17.3. The van der Waals surface area contributed by atoms with Crippen LogP contribution >= 0.6 is 0 Å². The lowest BCUT2D eigenvalue weighted by Gasteiger charge is -2.33. The van der Waals surface area contributed by atoms with Crippen LogP contribution in [0.5, 0.6) is 0 Å². The summed E-state index contributed by atoms with van der Waals surface area (Å²) in [6.45, 7) is 10.2. The van der Waals surface area contributed by atoms with Crippen molar-refractivity contribution in [3.05, 3.63) is 24.2 Å². The molecule has 0 saturated carbocycles. The summed E-state index contributed by atoms with van der Waals surface area (Å²) in [7, 11) is 0. The lowest BCUT2D eigenvalue weighted by atomic mass is 10.1. The van der Waals surface area contributed by atoms with Gasteiger partial charge in [-0.05, 0) is 44.7 Å². The molecule has 158 valence electrons. The van der Waals surface area contributed by atoms with Gasteiger partial charge in [-0.1, -0.05) is 13.8 Å². The molecule has 3 N–H and O–H groups in total. The van der Waals surface area contributed by atoms with Crippen molar-refractivity contribution in [2.24, 2.45) is 4.99 Å². The lowest BCUT2D eigenvalue weighted by Crippen LogP contribution is -2.51. The third-order valence-corrected chi connectivity index (χ3v) is 5.07. The van der Waals surface area contributed by atoms with E-state index in [4.69, 9.17) is 9.41 Å². The molecule has 0 radical (unpaired) electrons. The number of piperidine rings is 1. The number of guanidine groups is 1. The number of nitrogens with zero attached hydrogens (tertiary/aromatic N) is 2. The van der Waals surface area contributed by atoms with Gasteiger partial charge < -0.3 is 20.4 Å². The quantitative estimate of drug-likeness (QED) is 0.421. The molecule has 2 heterocycles. The first-order valence-corrected chi connectivity index (χ1v) is 10.7. The van der Waals surface area contributed by atoms with Crippen LogP contribution < -0.4 is 16.0 Å². The Morgan fingerprint density at radius 1 is 1.36 bits per heavy atom. The van der Waals surface area contributed by atoms with E-state index in [1.165, 1.54) is 0 Å². The van der Waals surface area contributed by atoms with Crippen LogP contribution in [0.2, 0.25) is 0 Å². The average molecular weight is 392 g/mol. The molecule has 0 aromatic carbocycles. The van der Waals surface area contributed by atoms with E-state index < -0.39 is 0 Å². The van der Waals surface area contributed by atoms with Crippen LogP contribution in [0.3, 0.4) is 0 Å². The zero-order valence-corrected chi connectivity index (χ0v) is 17.7. The maximum absolute atomic E-state index is 11.9. The molecule has 7 heteroatoms. The highest BCUT2D eigenvalue weighted by Crippen LogP contribution is 2.10. The van der Waals surface area contributed by atoms with Crippen LogP contribution in [0.1, 0.15) is 52.2 Å². The van der Waals surface area contributed by atoms with Crippen molar-refractivity contribution in [2.75, 3.05) is 32.7 Å². The molecule has 2 rings (SSSR count). The average Bonchev–Trinajstić information content (AvgIpc) is 3.21. The number of amides is 1. The number of hydrogen-bond donors (Lipinski definition) is 3. The molecule has 1 saturated heterocycles. The van der Waals surface area contributed by atoms with Crippen molar-refractivity contribution >= 4 is 11.9 Å². The van der Waals surface area contributed by atoms with Crippen molar-refractivity contribution in [1.82, 2.24) is 20.9 Å². The predicted octanol–water partition coefficient (Wildman–Crippen LogP) is 2.15. The van der Waals surface area contributed by atoms with Crippen LogP contribution in [0, 0.1) is 0 Å². The number of furan rings is 1. The van der Waals surface area contributed by atoms with E-state index in [0.717, 1.165) is 63.5 Å². The molecule has 1 aromatic rings. The molecule has 0 bridgehead atoms. The molecule has 0 spiro atoms. The predicted molar refractivity (Wildman–Crippen MR) is 114 cm³/mol. The summed E-state index contributed by atoms with van der Waals surface area (Å²) in [6.07, 6.45) is 6.55. The van der Waals surface area contributed by atoms with E-state index in [1.807, 2.05) is 12.1 Å². The summed E-state index contributed by atoms with van der Waals surface area (Å²) in [5.74, 6) is 1.97. The SMILES string of the molecule is CCCNC(=O)CN1CCC(NC(=NCCc2ccco2)NC(C)CC)CC1. The third-order valence-electron chi connectivity index (χ3n) is 5.07. The van der Waals surface area contributed by atoms with Gasteiger partial charge in [0.25, 0.3) is 0 Å². The highest BCUT2D eigenvalue weighted by Gasteiger charge is 2.21. The highest BCUT2D eigenvalue weighted by molar-refractivity contribution is 5.80. The molecule has 1 fully saturated rings. The number of likely N-dealkylation sites (tertiary alicyclic amines) is 1. The minimum atomic E-state index is 0.131. The fourth-order valence-electron chi connectivity index (χ4n) is 3.15. The first kappa shape index (κ1) is 22.3. The van der Waals surface area contributed by atoms with E-state index >= 15 is 0 Å². The van der Waals surface area contributed by atoms with Gasteiger partial charge in [0, 0.05) is 44.7 Å². The molecule has 28 heavy (non-hydrogen) atoms. The standard InChI is InChI=1S/C21H37N5O2/c1-4-11-22-20(27)16-26-13-9-18(10-14-26)25-21(24-17(3)5-2)23-12-8-19-7-6-15-28-19/h6-7,15,17-18H,4-5,8-14,16H2,1-3H3,(H,22,27)(H2,23,24,25). The second-order valence-corrected chi connectivity index (χ2v) is 7.56. The van der Waals surface area contributed by atoms with E-state index in [-0.39, 0.29) is 5.91 Å². The summed E-state index contributed by atoms with van der Waals surface area (Å²) in [4.78, 5) is 18.9. The van der Waals surface area contributed by atoms with Gasteiger partial charge in [0.1, 0.15) is 5.76 Å². The fourth-order valence-corrected chi connectivity index (χ4v) is 3.15. The molecule has 0 aliphatic carbocycles. The Morgan fingerprint density at radius 2 is 2.14 bits per heavy atom. The van der Waals surface area contributed by atoms with E-state index in [2.05, 4.69) is 41.6 Å². The van der Waals surface area contributed by atoms with Gasteiger partial charge in [-0.15, -0.1) is 0 Å². The summed E-state index contributed by atoms with van der Waals surface area (Å²) in [5, 5.41) is 10.0. The van der Waals surface area contributed by atoms with Gasteiger partial charge in [-0.2, -0.15) is 0 Å². The smallest absolute Gasteiger partial charge is 0.234 e. The molecule has 1 aliphatic heterocycles. The Hall–Kier alpha value is -2.02. The maximum atomic E-state index is 11.9. The van der Waals surface area contributed by atoms with E-state index in [1.54, 1.807) is 6.26 Å². The molecule has 1 aromatic heterocycles. The number of carbonyl (C=O) groups is 1. The highest BCUT2D eigenvalue weighted by atomic mass is 16.3. The van der Waals surface area contributed by atoms with E-state index in [9.17, 15) is 4.79 Å². The summed E-state index contributed by atoms with van der Waals surface area (Å²) in [6, 6.07) is 4.65. The summed E-state index contributed by atoms with van der Waals surface area (Å²) in [5.41, 5.74) is 0. The maximum Gasteiger partial charge on any atom is 0.234 e. The van der Waals surface area contributed by atoms with Crippen molar-refractivity contribution in [3.63, 3.8) is 0 Å². The topological polar surface area (TPSA) is 81.9 Å². The summed E-state index contributed by atoms with van der Waals surface area (Å²) >= 11 is 0. The molecule has 1 unspecified atom stereocenters. The molecule has 1 aliphatic rings. The van der Waals surface area contributed by atoms with Gasteiger partial charge in [-0.3, -0.25) is 14.7 Å². The Labute approximate surface area is 169 Å². The van der Waals surface area contributed by atoms with Crippen LogP contribution in [-0.4, -0.2) is 61.6 Å². The Kier molecular flexibility index (Phi) is 9.90. The monoisotopic (exact) mass is 391 g/mol.